The Morgan fingerprint density at radius 3 is 0.875 bits per heavy atom. The first-order chi connectivity index (χ1) is 27.8. The Hall–Kier alpha value is -6.58. The van der Waals surface area contributed by atoms with Gasteiger partial charge in [-0.05, 0) is 89.0 Å². The molecule has 10 aromatic carbocycles. The van der Waals surface area contributed by atoms with E-state index in [1.165, 1.54) is 117 Å². The topological polar surface area (TPSA) is 0 Å². The molecule has 0 unspecified atom stereocenters. The molecule has 0 fully saturated rings. The van der Waals surface area contributed by atoms with Gasteiger partial charge >= 0.3 is 0 Å². The molecule has 12 rings (SSSR count). The second kappa shape index (κ2) is 12.5. The highest BCUT2D eigenvalue weighted by Gasteiger charge is 2.18. The van der Waals surface area contributed by atoms with Gasteiger partial charge < -0.3 is 0 Å². The highest BCUT2D eigenvalue weighted by atomic mass is 32.1. The van der Waals surface area contributed by atoms with Crippen molar-refractivity contribution in [2.45, 2.75) is 0 Å². The Bertz CT molecular complexity index is 3280. The van der Waals surface area contributed by atoms with Crippen LogP contribution in [0.3, 0.4) is 0 Å². The van der Waals surface area contributed by atoms with E-state index in [1.54, 1.807) is 0 Å². The molecule has 0 N–H and O–H groups in total. The van der Waals surface area contributed by atoms with Gasteiger partial charge in [0.15, 0.2) is 0 Å². The number of rotatable bonds is 4. The molecule has 2 aromatic heterocycles. The predicted molar refractivity (Wildman–Crippen MR) is 246 cm³/mol. The number of thiophene rings is 2. The summed E-state index contributed by atoms with van der Waals surface area (Å²) in [5.41, 5.74) is 10.2. The molecule has 12 aromatic rings. The molecule has 260 valence electrons. The summed E-state index contributed by atoms with van der Waals surface area (Å²) in [5.74, 6) is 0. The van der Waals surface area contributed by atoms with Gasteiger partial charge in [0.25, 0.3) is 0 Å². The van der Waals surface area contributed by atoms with Crippen LogP contribution in [0, 0.1) is 0 Å². The first-order valence-corrected chi connectivity index (χ1v) is 20.8. The molecule has 0 spiro atoms. The first kappa shape index (κ1) is 31.7. The van der Waals surface area contributed by atoms with Crippen molar-refractivity contribution < 1.29 is 0 Å². The van der Waals surface area contributed by atoms with E-state index in [1.807, 2.05) is 22.7 Å². The minimum Gasteiger partial charge on any atom is -0.134 e. The summed E-state index contributed by atoms with van der Waals surface area (Å²) in [6.45, 7) is 0. The average molecular weight is 745 g/mol. The lowest BCUT2D eigenvalue weighted by Gasteiger charge is -2.14. The van der Waals surface area contributed by atoms with Crippen molar-refractivity contribution in [1.82, 2.24) is 0 Å². The van der Waals surface area contributed by atoms with Gasteiger partial charge in [-0.2, -0.15) is 0 Å². The molecule has 2 heterocycles. The second-order valence-electron chi connectivity index (χ2n) is 14.7. The van der Waals surface area contributed by atoms with Gasteiger partial charge in [-0.1, -0.05) is 182 Å². The van der Waals surface area contributed by atoms with Crippen molar-refractivity contribution in [3.05, 3.63) is 194 Å². The normalized spacial score (nSPS) is 11.9. The van der Waals surface area contributed by atoms with Crippen LogP contribution in [0.2, 0.25) is 0 Å². The van der Waals surface area contributed by atoms with Crippen LogP contribution in [0.1, 0.15) is 0 Å². The molecular weight excluding hydrogens is 713 g/mol. The van der Waals surface area contributed by atoms with Gasteiger partial charge in [0.2, 0.25) is 0 Å². The predicted octanol–water partition coefficient (Wildman–Crippen LogP) is 16.5. The van der Waals surface area contributed by atoms with Crippen LogP contribution in [-0.4, -0.2) is 0 Å². The quantitative estimate of drug-likeness (QED) is 0.157. The molecule has 0 aliphatic rings. The molecule has 0 aliphatic carbocycles. The smallest absolute Gasteiger partial charge is 0.0434 e. The van der Waals surface area contributed by atoms with E-state index in [2.05, 4.69) is 194 Å². The standard InChI is InChI=1S/C54H32S2/c1-3-13-33(14-4-1)37-19-9-23-45-47-25-11-21-39(53(47)55-51(37)45)35-27-29-43-41-17-7-8-18-42(41)44-30-28-36(32-50(44)49(43)31-35)40-22-12-26-48-46-24-10-20-38(52(46)56-54(40)48)34-15-5-2-6-16-34/h1-32H. The zero-order chi connectivity index (χ0) is 36.7. The van der Waals surface area contributed by atoms with E-state index in [4.69, 9.17) is 0 Å². The van der Waals surface area contributed by atoms with E-state index >= 15 is 0 Å². The highest BCUT2D eigenvalue weighted by molar-refractivity contribution is 7.27. The summed E-state index contributed by atoms with van der Waals surface area (Å²) in [5, 5.41) is 13.0. The molecule has 0 atom stereocenters. The van der Waals surface area contributed by atoms with Crippen LogP contribution < -0.4 is 0 Å². The summed E-state index contributed by atoms with van der Waals surface area (Å²) >= 11 is 3.84. The largest absolute Gasteiger partial charge is 0.134 e. The van der Waals surface area contributed by atoms with Crippen LogP contribution in [0.5, 0.6) is 0 Å². The van der Waals surface area contributed by atoms with Gasteiger partial charge in [0, 0.05) is 40.3 Å². The number of fused-ring (bicyclic) bond motifs is 12. The van der Waals surface area contributed by atoms with Gasteiger partial charge in [-0.25, -0.2) is 0 Å². The lowest BCUT2D eigenvalue weighted by atomic mass is 9.90. The summed E-state index contributed by atoms with van der Waals surface area (Å²) in [6.07, 6.45) is 0. The molecular formula is C54H32S2. The molecule has 0 amide bonds. The zero-order valence-corrected chi connectivity index (χ0v) is 31.9. The summed E-state index contributed by atoms with van der Waals surface area (Å²) in [6, 6.07) is 72.0. The Kier molecular flexibility index (Phi) is 7.07. The van der Waals surface area contributed by atoms with E-state index in [9.17, 15) is 0 Å². The van der Waals surface area contributed by atoms with Crippen LogP contribution in [0.25, 0.3) is 117 Å². The van der Waals surface area contributed by atoms with Crippen LogP contribution in [0.4, 0.5) is 0 Å². The third kappa shape index (κ3) is 4.77. The van der Waals surface area contributed by atoms with Crippen molar-refractivity contribution >= 4 is 95.3 Å². The molecule has 56 heavy (non-hydrogen) atoms. The third-order valence-corrected chi connectivity index (χ3v) is 14.3. The lowest BCUT2D eigenvalue weighted by molar-refractivity contribution is 1.67. The summed E-state index contributed by atoms with van der Waals surface area (Å²) < 4.78 is 5.35. The summed E-state index contributed by atoms with van der Waals surface area (Å²) in [4.78, 5) is 0. The Morgan fingerprint density at radius 1 is 0.196 bits per heavy atom. The van der Waals surface area contributed by atoms with Gasteiger partial charge in [-0.15, -0.1) is 22.7 Å². The lowest BCUT2D eigenvalue weighted by Crippen LogP contribution is -1.87. The minimum absolute atomic E-state index is 1.25. The SMILES string of the molecule is c1ccc(-c2cccc3c2sc2c(-c4ccc5c6ccccc6c6ccc(-c7cccc8c7sc7c(-c9ccccc9)cccc78)cc6c5c4)cccc23)cc1. The van der Waals surface area contributed by atoms with Gasteiger partial charge in [0.1, 0.15) is 0 Å². The Balaban J connectivity index is 1.09. The van der Waals surface area contributed by atoms with Crippen LogP contribution in [-0.2, 0) is 0 Å². The van der Waals surface area contributed by atoms with Crippen molar-refractivity contribution in [3.8, 4) is 44.5 Å². The maximum atomic E-state index is 2.46. The maximum absolute atomic E-state index is 2.46. The fraction of sp³-hybridized carbons (Fsp3) is 0. The highest BCUT2D eigenvalue weighted by Crippen LogP contribution is 2.47. The van der Waals surface area contributed by atoms with E-state index in [0.29, 0.717) is 0 Å². The Labute approximate surface area is 332 Å². The van der Waals surface area contributed by atoms with Crippen molar-refractivity contribution in [2.75, 3.05) is 0 Å². The minimum atomic E-state index is 1.25. The maximum Gasteiger partial charge on any atom is 0.0434 e. The Morgan fingerprint density at radius 2 is 0.500 bits per heavy atom. The number of hydrogen-bond donors (Lipinski definition) is 0. The van der Waals surface area contributed by atoms with Gasteiger partial charge in [0.05, 0.1) is 0 Å². The molecule has 0 bridgehead atoms. The second-order valence-corrected chi connectivity index (χ2v) is 16.8. The van der Waals surface area contributed by atoms with Crippen LogP contribution >= 0.6 is 22.7 Å². The van der Waals surface area contributed by atoms with E-state index in [-0.39, 0.29) is 0 Å². The summed E-state index contributed by atoms with van der Waals surface area (Å²) in [7, 11) is 0. The van der Waals surface area contributed by atoms with E-state index in [0.717, 1.165) is 0 Å². The third-order valence-electron chi connectivity index (χ3n) is 11.7. The zero-order valence-electron chi connectivity index (χ0n) is 30.3. The van der Waals surface area contributed by atoms with E-state index < -0.39 is 0 Å². The molecule has 0 radical (unpaired) electrons. The van der Waals surface area contributed by atoms with Crippen LogP contribution in [0.15, 0.2) is 194 Å². The van der Waals surface area contributed by atoms with Crippen molar-refractivity contribution in [3.63, 3.8) is 0 Å². The van der Waals surface area contributed by atoms with Crippen molar-refractivity contribution in [2.24, 2.45) is 0 Å². The number of hydrogen-bond acceptors (Lipinski definition) is 2. The van der Waals surface area contributed by atoms with Gasteiger partial charge in [-0.3, -0.25) is 0 Å². The molecule has 0 nitrogen and oxygen atoms in total. The molecule has 2 heteroatoms. The molecule has 0 saturated heterocycles. The van der Waals surface area contributed by atoms with Crippen molar-refractivity contribution in [1.29, 1.82) is 0 Å². The first-order valence-electron chi connectivity index (χ1n) is 19.2. The molecule has 0 aliphatic heterocycles. The average Bonchev–Trinajstić information content (AvgIpc) is 3.86. The monoisotopic (exact) mass is 744 g/mol. The molecule has 0 saturated carbocycles. The number of benzene rings is 10. The fourth-order valence-electron chi connectivity index (χ4n) is 9.08. The fourth-order valence-corrected chi connectivity index (χ4v) is 11.8.